The number of halogens is 2. The van der Waals surface area contributed by atoms with E-state index in [0.717, 1.165) is 11.3 Å². The summed E-state index contributed by atoms with van der Waals surface area (Å²) < 4.78 is 41.3. The van der Waals surface area contributed by atoms with Gasteiger partial charge in [0.25, 0.3) is 10.0 Å². The van der Waals surface area contributed by atoms with Gasteiger partial charge in [0, 0.05) is 16.6 Å². The Labute approximate surface area is 127 Å². The summed E-state index contributed by atoms with van der Waals surface area (Å²) in [6.45, 7) is 0.215. The fourth-order valence-corrected chi connectivity index (χ4v) is 4.02. The molecule has 0 fully saturated rings. The largest absolute Gasteiger partial charge is 0.316 e. The molecule has 0 aliphatic heterocycles. The molecule has 0 unspecified atom stereocenters. The molecule has 0 bridgehead atoms. The summed E-state index contributed by atoms with van der Waals surface area (Å²) in [6.07, 6.45) is 0. The molecule has 2 aromatic rings. The number of anilines is 1. The predicted octanol–water partition coefficient (Wildman–Crippen LogP) is 1.96. The average molecular weight is 381 g/mol. The van der Waals surface area contributed by atoms with Gasteiger partial charge in [0.05, 0.1) is 0 Å². The Balaban J connectivity index is 2.45. The molecule has 1 aromatic heterocycles. The quantitative estimate of drug-likeness (QED) is 0.827. The van der Waals surface area contributed by atoms with E-state index in [1.807, 2.05) is 0 Å². The van der Waals surface area contributed by atoms with E-state index in [1.54, 1.807) is 7.05 Å². The van der Waals surface area contributed by atoms with Crippen molar-refractivity contribution in [3.8, 4) is 0 Å². The van der Waals surface area contributed by atoms with E-state index < -0.39 is 20.7 Å². The molecular weight excluding hydrogens is 371 g/mol. The average Bonchev–Trinajstić information content (AvgIpc) is 2.85. The molecule has 10 heteroatoms. The van der Waals surface area contributed by atoms with Crippen molar-refractivity contribution >= 4 is 42.4 Å². The second-order valence-electron chi connectivity index (χ2n) is 3.76. The second-order valence-corrected chi connectivity index (χ2v) is 7.16. The molecule has 108 valence electrons. The van der Waals surface area contributed by atoms with E-state index in [1.165, 1.54) is 17.6 Å². The molecular formula is C10H10BrFN4O2S2. The molecule has 20 heavy (non-hydrogen) atoms. The van der Waals surface area contributed by atoms with Crippen LogP contribution >= 0.6 is 27.3 Å². The Kier molecular flexibility index (Phi) is 4.68. The third-order valence-electron chi connectivity index (χ3n) is 2.32. The SMILES string of the molecule is CNCc1cc(Br)cc(S(=O)(=O)Nc2nncs2)c1F. The summed E-state index contributed by atoms with van der Waals surface area (Å²) in [4.78, 5) is -0.438. The van der Waals surface area contributed by atoms with Crippen molar-refractivity contribution in [2.45, 2.75) is 11.4 Å². The summed E-state index contributed by atoms with van der Waals surface area (Å²) in [6, 6.07) is 2.73. The standard InChI is InChI=1S/C10H10BrFN4O2S2/c1-13-4-6-2-7(11)3-8(9(6)12)20(17,18)16-10-15-14-5-19-10/h2-3,5,13H,4H2,1H3,(H,15,16). The molecule has 6 nitrogen and oxygen atoms in total. The highest BCUT2D eigenvalue weighted by atomic mass is 79.9. The highest BCUT2D eigenvalue weighted by Gasteiger charge is 2.23. The molecule has 0 amide bonds. The van der Waals surface area contributed by atoms with Crippen molar-refractivity contribution in [3.05, 3.63) is 33.5 Å². The first-order valence-electron chi connectivity index (χ1n) is 5.35. The van der Waals surface area contributed by atoms with Gasteiger partial charge in [-0.15, -0.1) is 10.2 Å². The van der Waals surface area contributed by atoms with Crippen LogP contribution < -0.4 is 10.0 Å². The number of rotatable bonds is 5. The molecule has 1 aromatic carbocycles. The van der Waals surface area contributed by atoms with Gasteiger partial charge in [0.15, 0.2) is 0 Å². The van der Waals surface area contributed by atoms with Crippen LogP contribution in [0.1, 0.15) is 5.56 Å². The molecule has 0 aliphatic rings. The smallest absolute Gasteiger partial charge is 0.266 e. The predicted molar refractivity (Wildman–Crippen MR) is 77.6 cm³/mol. The van der Waals surface area contributed by atoms with Crippen LogP contribution in [-0.4, -0.2) is 25.7 Å². The highest BCUT2D eigenvalue weighted by Crippen LogP contribution is 2.26. The van der Waals surface area contributed by atoms with Crippen LogP contribution in [0.4, 0.5) is 9.52 Å². The van der Waals surface area contributed by atoms with Gasteiger partial charge in [0.1, 0.15) is 16.2 Å². The van der Waals surface area contributed by atoms with E-state index in [4.69, 9.17) is 0 Å². The lowest BCUT2D eigenvalue weighted by Gasteiger charge is -2.10. The van der Waals surface area contributed by atoms with Gasteiger partial charge in [-0.25, -0.2) is 12.8 Å². The minimum atomic E-state index is -4.05. The van der Waals surface area contributed by atoms with Crippen LogP contribution in [0.15, 0.2) is 27.0 Å². The van der Waals surface area contributed by atoms with Gasteiger partial charge in [-0.2, -0.15) is 0 Å². The van der Waals surface area contributed by atoms with Crippen molar-refractivity contribution in [3.63, 3.8) is 0 Å². The maximum Gasteiger partial charge on any atom is 0.266 e. The number of sulfonamides is 1. The molecule has 0 aliphatic carbocycles. The molecule has 0 saturated heterocycles. The van der Waals surface area contributed by atoms with Crippen molar-refractivity contribution < 1.29 is 12.8 Å². The topological polar surface area (TPSA) is 84.0 Å². The maximum absolute atomic E-state index is 14.3. The van der Waals surface area contributed by atoms with Crippen LogP contribution in [0.5, 0.6) is 0 Å². The zero-order chi connectivity index (χ0) is 14.8. The Morgan fingerprint density at radius 3 is 2.80 bits per heavy atom. The van der Waals surface area contributed by atoms with Crippen LogP contribution in [0, 0.1) is 5.82 Å². The fraction of sp³-hybridized carbons (Fsp3) is 0.200. The lowest BCUT2D eigenvalue weighted by atomic mass is 10.2. The lowest BCUT2D eigenvalue weighted by molar-refractivity contribution is 0.555. The van der Waals surface area contributed by atoms with Crippen molar-refractivity contribution in [2.24, 2.45) is 0 Å². The Morgan fingerprint density at radius 2 is 2.20 bits per heavy atom. The third-order valence-corrected chi connectivity index (χ3v) is 4.85. The Hall–Kier alpha value is -1.10. The molecule has 0 atom stereocenters. The van der Waals surface area contributed by atoms with Gasteiger partial charge in [0.2, 0.25) is 5.13 Å². The summed E-state index contributed by atoms with van der Waals surface area (Å²) in [5.41, 5.74) is 1.63. The van der Waals surface area contributed by atoms with Gasteiger partial charge in [-0.05, 0) is 19.2 Å². The monoisotopic (exact) mass is 380 g/mol. The first-order chi connectivity index (χ1) is 9.44. The normalized spacial score (nSPS) is 11.6. The first kappa shape index (κ1) is 15.3. The molecule has 2 rings (SSSR count). The van der Waals surface area contributed by atoms with Gasteiger partial charge in [-0.3, -0.25) is 4.72 Å². The number of nitrogens with zero attached hydrogens (tertiary/aromatic N) is 2. The minimum Gasteiger partial charge on any atom is -0.316 e. The van der Waals surface area contributed by atoms with Gasteiger partial charge >= 0.3 is 0 Å². The highest BCUT2D eigenvalue weighted by molar-refractivity contribution is 9.10. The Morgan fingerprint density at radius 1 is 1.45 bits per heavy atom. The first-order valence-corrected chi connectivity index (χ1v) is 8.51. The summed E-state index contributed by atoms with van der Waals surface area (Å²) in [5, 5.41) is 9.95. The lowest BCUT2D eigenvalue weighted by Crippen LogP contribution is -2.17. The zero-order valence-electron chi connectivity index (χ0n) is 10.2. The number of hydrogen-bond acceptors (Lipinski definition) is 6. The molecule has 0 radical (unpaired) electrons. The fourth-order valence-electron chi connectivity index (χ4n) is 1.52. The van der Waals surface area contributed by atoms with Crippen molar-refractivity contribution in [1.82, 2.24) is 15.5 Å². The number of hydrogen-bond donors (Lipinski definition) is 2. The molecule has 0 spiro atoms. The number of nitrogens with one attached hydrogen (secondary N) is 2. The van der Waals surface area contributed by atoms with Crippen LogP contribution in [0.2, 0.25) is 0 Å². The zero-order valence-corrected chi connectivity index (χ0v) is 13.4. The minimum absolute atomic E-state index is 0.0829. The molecule has 0 saturated carbocycles. The Bertz CT molecular complexity index is 706. The summed E-state index contributed by atoms with van der Waals surface area (Å²) in [7, 11) is -2.41. The molecule has 1 heterocycles. The van der Waals surface area contributed by atoms with Crippen LogP contribution in [-0.2, 0) is 16.6 Å². The van der Waals surface area contributed by atoms with E-state index in [0.29, 0.717) is 4.47 Å². The molecule has 2 N–H and O–H groups in total. The van der Waals surface area contributed by atoms with Crippen LogP contribution in [0.25, 0.3) is 0 Å². The van der Waals surface area contributed by atoms with E-state index >= 15 is 0 Å². The van der Waals surface area contributed by atoms with E-state index in [-0.39, 0.29) is 17.2 Å². The second kappa shape index (κ2) is 6.12. The maximum atomic E-state index is 14.3. The van der Waals surface area contributed by atoms with Crippen molar-refractivity contribution in [2.75, 3.05) is 11.8 Å². The third kappa shape index (κ3) is 3.32. The van der Waals surface area contributed by atoms with Crippen LogP contribution in [0.3, 0.4) is 0 Å². The summed E-state index contributed by atoms with van der Waals surface area (Å²) >= 11 is 4.19. The number of aromatic nitrogens is 2. The van der Waals surface area contributed by atoms with Gasteiger partial charge in [-0.1, -0.05) is 27.3 Å². The van der Waals surface area contributed by atoms with Crippen molar-refractivity contribution in [1.29, 1.82) is 0 Å². The van der Waals surface area contributed by atoms with E-state index in [2.05, 4.69) is 36.2 Å². The summed E-state index contributed by atoms with van der Waals surface area (Å²) in [5.74, 6) is -0.792. The van der Waals surface area contributed by atoms with E-state index in [9.17, 15) is 12.8 Å². The number of benzene rings is 1. The van der Waals surface area contributed by atoms with Gasteiger partial charge < -0.3 is 5.32 Å².